The van der Waals surface area contributed by atoms with E-state index in [4.69, 9.17) is 5.73 Å². The van der Waals surface area contributed by atoms with E-state index in [1.807, 2.05) is 16.8 Å². The number of nitrogens with two attached hydrogens (primary N) is 1. The highest BCUT2D eigenvalue weighted by Gasteiger charge is 2.20. The van der Waals surface area contributed by atoms with E-state index in [0.717, 1.165) is 36.5 Å². The van der Waals surface area contributed by atoms with Gasteiger partial charge < -0.3 is 10.8 Å². The lowest BCUT2D eigenvalue weighted by molar-refractivity contribution is 0.371. The van der Waals surface area contributed by atoms with Crippen LogP contribution in [0.5, 0.6) is 5.75 Å². The Morgan fingerprint density at radius 3 is 3.00 bits per heavy atom. The summed E-state index contributed by atoms with van der Waals surface area (Å²) in [6.45, 7) is 0. The summed E-state index contributed by atoms with van der Waals surface area (Å²) < 4.78 is 1.82. The Bertz CT molecular complexity index is 564. The number of aromatic nitrogens is 3. The largest absolute Gasteiger partial charge is 0.508 e. The van der Waals surface area contributed by atoms with Crippen LogP contribution in [0.15, 0.2) is 24.3 Å². The highest BCUT2D eigenvalue weighted by atomic mass is 16.3. The second-order valence-corrected chi connectivity index (χ2v) is 4.65. The van der Waals surface area contributed by atoms with Gasteiger partial charge in [0, 0.05) is 18.4 Å². The van der Waals surface area contributed by atoms with Crippen molar-refractivity contribution in [2.45, 2.75) is 31.8 Å². The number of rotatable bonds is 2. The van der Waals surface area contributed by atoms with Crippen LogP contribution in [-0.4, -0.2) is 19.9 Å². The number of hydrogen-bond donors (Lipinski definition) is 2. The van der Waals surface area contributed by atoms with Gasteiger partial charge in [-0.25, -0.2) is 9.67 Å². The normalized spacial score (nSPS) is 18.6. The van der Waals surface area contributed by atoms with Gasteiger partial charge in [-0.05, 0) is 18.9 Å². The summed E-state index contributed by atoms with van der Waals surface area (Å²) in [7, 11) is 0. The molecular weight excluding hydrogens is 228 g/mol. The van der Waals surface area contributed by atoms with Gasteiger partial charge >= 0.3 is 0 Å². The number of aryl methyl sites for hydroxylation is 1. The summed E-state index contributed by atoms with van der Waals surface area (Å²) in [5.74, 6) is 1.97. The predicted molar refractivity (Wildman–Crippen MR) is 67.1 cm³/mol. The standard InChI is InChI=1S/C13H16N4O/c14-11-6-3-7-13-15-12(16-17(11)13)8-9-4-1-2-5-10(9)18/h1-2,4-5,11,18H,3,6-8,14H2. The molecule has 5 nitrogen and oxygen atoms in total. The summed E-state index contributed by atoms with van der Waals surface area (Å²) in [5, 5.41) is 14.2. The number of fused-ring (bicyclic) bond motifs is 1. The number of benzene rings is 1. The molecule has 5 heteroatoms. The summed E-state index contributed by atoms with van der Waals surface area (Å²) in [6.07, 6.45) is 3.43. The third kappa shape index (κ3) is 1.97. The van der Waals surface area contributed by atoms with Crippen LogP contribution in [0.1, 0.15) is 36.2 Å². The Balaban J connectivity index is 1.88. The number of phenolic OH excluding ortho intramolecular Hbond substituents is 1. The maximum absolute atomic E-state index is 9.74. The van der Waals surface area contributed by atoms with Crippen LogP contribution in [0.4, 0.5) is 0 Å². The highest BCUT2D eigenvalue weighted by molar-refractivity contribution is 5.33. The maximum atomic E-state index is 9.74. The zero-order valence-electron chi connectivity index (χ0n) is 10.1. The SMILES string of the molecule is NC1CCCc2nc(Cc3ccccc3O)nn21. The molecule has 3 N–H and O–H groups in total. The van der Waals surface area contributed by atoms with E-state index in [1.54, 1.807) is 12.1 Å². The number of nitrogens with zero attached hydrogens (tertiary/aromatic N) is 3. The Kier molecular flexibility index (Phi) is 2.76. The molecule has 3 rings (SSSR count). The molecule has 1 aromatic heterocycles. The van der Waals surface area contributed by atoms with E-state index in [-0.39, 0.29) is 11.9 Å². The Morgan fingerprint density at radius 1 is 1.39 bits per heavy atom. The fourth-order valence-corrected chi connectivity index (χ4v) is 2.34. The summed E-state index contributed by atoms with van der Waals surface area (Å²) in [6, 6.07) is 7.27. The Labute approximate surface area is 105 Å². The molecule has 0 spiro atoms. The predicted octanol–water partition coefficient (Wildman–Crippen LogP) is 1.37. The molecule has 18 heavy (non-hydrogen) atoms. The minimum absolute atomic E-state index is 0.0561. The molecule has 2 aromatic rings. The second-order valence-electron chi connectivity index (χ2n) is 4.65. The average molecular weight is 244 g/mol. The van der Waals surface area contributed by atoms with E-state index >= 15 is 0 Å². The average Bonchev–Trinajstić information content (AvgIpc) is 2.76. The van der Waals surface area contributed by atoms with E-state index in [1.165, 1.54) is 0 Å². The van der Waals surface area contributed by atoms with Gasteiger partial charge in [0.25, 0.3) is 0 Å². The molecule has 0 radical (unpaired) electrons. The van der Waals surface area contributed by atoms with Crippen molar-refractivity contribution in [1.29, 1.82) is 0 Å². The van der Waals surface area contributed by atoms with Gasteiger partial charge in [0.2, 0.25) is 0 Å². The molecule has 1 aliphatic rings. The van der Waals surface area contributed by atoms with Gasteiger partial charge in [0.05, 0.1) is 0 Å². The van der Waals surface area contributed by atoms with Gasteiger partial charge in [-0.3, -0.25) is 0 Å². The quantitative estimate of drug-likeness (QED) is 0.836. The van der Waals surface area contributed by atoms with Gasteiger partial charge in [-0.1, -0.05) is 18.2 Å². The molecule has 1 aromatic carbocycles. The minimum Gasteiger partial charge on any atom is -0.508 e. The van der Waals surface area contributed by atoms with Crippen LogP contribution in [0.3, 0.4) is 0 Å². The van der Waals surface area contributed by atoms with Crippen LogP contribution in [0.25, 0.3) is 0 Å². The van der Waals surface area contributed by atoms with Crippen molar-refractivity contribution in [2.75, 3.05) is 0 Å². The van der Waals surface area contributed by atoms with Crippen molar-refractivity contribution in [3.63, 3.8) is 0 Å². The van der Waals surface area contributed by atoms with Crippen LogP contribution in [-0.2, 0) is 12.8 Å². The number of para-hydroxylation sites is 1. The van der Waals surface area contributed by atoms with E-state index in [9.17, 15) is 5.11 Å². The van der Waals surface area contributed by atoms with Crippen LogP contribution in [0.2, 0.25) is 0 Å². The third-order valence-electron chi connectivity index (χ3n) is 3.30. The molecule has 1 unspecified atom stereocenters. The number of phenols is 1. The molecule has 0 saturated heterocycles. The fourth-order valence-electron chi connectivity index (χ4n) is 2.34. The summed E-state index contributed by atoms with van der Waals surface area (Å²) >= 11 is 0. The lowest BCUT2D eigenvalue weighted by atomic mass is 10.1. The lowest BCUT2D eigenvalue weighted by Gasteiger charge is -2.18. The zero-order valence-corrected chi connectivity index (χ0v) is 10.1. The molecule has 0 amide bonds. The third-order valence-corrected chi connectivity index (χ3v) is 3.30. The molecule has 1 atom stereocenters. The number of hydrogen-bond acceptors (Lipinski definition) is 4. The fraction of sp³-hybridized carbons (Fsp3) is 0.385. The lowest BCUT2D eigenvalue weighted by Crippen LogP contribution is -2.25. The van der Waals surface area contributed by atoms with E-state index in [2.05, 4.69) is 10.1 Å². The topological polar surface area (TPSA) is 77.0 Å². The summed E-state index contributed by atoms with van der Waals surface area (Å²) in [5.41, 5.74) is 6.84. The van der Waals surface area contributed by atoms with Crippen molar-refractivity contribution in [3.8, 4) is 5.75 Å². The second kappa shape index (κ2) is 4.42. The first kappa shape index (κ1) is 11.2. The first-order chi connectivity index (χ1) is 8.74. The van der Waals surface area contributed by atoms with Crippen LogP contribution < -0.4 is 5.73 Å². The number of aromatic hydroxyl groups is 1. The molecule has 2 heterocycles. The van der Waals surface area contributed by atoms with Crippen molar-refractivity contribution in [3.05, 3.63) is 41.5 Å². The van der Waals surface area contributed by atoms with Gasteiger partial charge in [-0.15, -0.1) is 0 Å². The molecule has 0 aliphatic carbocycles. The maximum Gasteiger partial charge on any atom is 0.155 e. The first-order valence-electron chi connectivity index (χ1n) is 6.21. The molecular formula is C13H16N4O. The molecule has 0 fully saturated rings. The van der Waals surface area contributed by atoms with Gasteiger partial charge in [0.1, 0.15) is 17.7 Å². The zero-order chi connectivity index (χ0) is 12.5. The van der Waals surface area contributed by atoms with Crippen molar-refractivity contribution >= 4 is 0 Å². The van der Waals surface area contributed by atoms with Gasteiger partial charge in [0.15, 0.2) is 5.82 Å². The monoisotopic (exact) mass is 244 g/mol. The van der Waals surface area contributed by atoms with Crippen molar-refractivity contribution in [1.82, 2.24) is 14.8 Å². The first-order valence-corrected chi connectivity index (χ1v) is 6.21. The van der Waals surface area contributed by atoms with E-state index < -0.39 is 0 Å². The molecule has 1 aliphatic heterocycles. The molecule has 94 valence electrons. The van der Waals surface area contributed by atoms with Crippen molar-refractivity contribution < 1.29 is 5.11 Å². The summed E-state index contributed by atoms with van der Waals surface area (Å²) in [4.78, 5) is 4.50. The molecule has 0 saturated carbocycles. The smallest absolute Gasteiger partial charge is 0.155 e. The molecule has 0 bridgehead atoms. The van der Waals surface area contributed by atoms with Crippen LogP contribution >= 0.6 is 0 Å². The van der Waals surface area contributed by atoms with Crippen molar-refractivity contribution in [2.24, 2.45) is 5.73 Å². The Morgan fingerprint density at radius 2 is 2.22 bits per heavy atom. The van der Waals surface area contributed by atoms with Crippen LogP contribution in [0, 0.1) is 0 Å². The highest BCUT2D eigenvalue weighted by Crippen LogP contribution is 2.22. The minimum atomic E-state index is -0.0561. The Hall–Kier alpha value is -1.88. The van der Waals surface area contributed by atoms with E-state index in [0.29, 0.717) is 6.42 Å². The van der Waals surface area contributed by atoms with Gasteiger partial charge in [-0.2, -0.15) is 5.10 Å².